The number of carboxylic acid groups (broad SMARTS) is 1. The van der Waals surface area contributed by atoms with Crippen LogP contribution in [0, 0.1) is 0 Å². The van der Waals surface area contributed by atoms with Crippen LogP contribution in [-0.2, 0) is 16.0 Å². The predicted molar refractivity (Wildman–Crippen MR) is 62.0 cm³/mol. The number of aryl methyl sites for hydroxylation is 1. The highest BCUT2D eigenvalue weighted by atomic mass is 19.4. The van der Waals surface area contributed by atoms with Crippen LogP contribution in [0.1, 0.15) is 12.0 Å². The lowest BCUT2D eigenvalue weighted by Crippen LogP contribution is -2.47. The van der Waals surface area contributed by atoms with E-state index in [9.17, 15) is 31.5 Å². The van der Waals surface area contributed by atoms with Gasteiger partial charge in [0.1, 0.15) is 0 Å². The van der Waals surface area contributed by atoms with E-state index >= 15 is 0 Å². The molecule has 1 amide bonds. The maximum Gasteiger partial charge on any atom is 0.463 e. The standard InChI is InChI=1S/C12H10F5NO3/c13-11(14,12(15,16)17)10(21)18-8-4-2-1-3-7(8)5-6-9(19)20/h1-4H,5-6H2,(H,18,21)(H,19,20). The Balaban J connectivity index is 2.93. The number of aliphatic carboxylic acids is 1. The van der Waals surface area contributed by atoms with Crippen LogP contribution in [-0.4, -0.2) is 29.1 Å². The van der Waals surface area contributed by atoms with Crippen molar-refractivity contribution in [3.63, 3.8) is 0 Å². The number of carboxylic acids is 1. The van der Waals surface area contributed by atoms with Crippen molar-refractivity contribution >= 4 is 17.6 Å². The zero-order valence-electron chi connectivity index (χ0n) is 10.4. The SMILES string of the molecule is O=C(O)CCc1ccccc1NC(=O)C(F)(F)C(F)(F)F. The van der Waals surface area contributed by atoms with Crippen molar-refractivity contribution in [2.45, 2.75) is 24.9 Å². The van der Waals surface area contributed by atoms with Crippen molar-refractivity contribution in [2.75, 3.05) is 5.32 Å². The molecule has 0 fully saturated rings. The van der Waals surface area contributed by atoms with Crippen LogP contribution in [0.2, 0.25) is 0 Å². The molecule has 1 rings (SSSR count). The van der Waals surface area contributed by atoms with Crippen molar-refractivity contribution in [3.05, 3.63) is 29.8 Å². The molecule has 21 heavy (non-hydrogen) atoms. The van der Waals surface area contributed by atoms with Gasteiger partial charge in [0.25, 0.3) is 0 Å². The number of hydrogen-bond acceptors (Lipinski definition) is 2. The molecule has 116 valence electrons. The number of amides is 1. The van der Waals surface area contributed by atoms with E-state index in [1.807, 2.05) is 0 Å². The Hall–Kier alpha value is -2.19. The lowest BCUT2D eigenvalue weighted by atomic mass is 10.1. The summed E-state index contributed by atoms with van der Waals surface area (Å²) < 4.78 is 61.8. The van der Waals surface area contributed by atoms with Gasteiger partial charge in [-0.2, -0.15) is 22.0 Å². The van der Waals surface area contributed by atoms with E-state index in [1.165, 1.54) is 23.5 Å². The summed E-state index contributed by atoms with van der Waals surface area (Å²) in [5.41, 5.74) is -0.140. The maximum absolute atomic E-state index is 12.8. The summed E-state index contributed by atoms with van der Waals surface area (Å²) in [4.78, 5) is 21.5. The molecule has 0 radical (unpaired) electrons. The molecule has 0 aliphatic rings. The molecule has 0 atom stereocenters. The summed E-state index contributed by atoms with van der Waals surface area (Å²) in [5.74, 6) is -9.22. The zero-order valence-corrected chi connectivity index (χ0v) is 10.4. The van der Waals surface area contributed by atoms with E-state index in [-0.39, 0.29) is 24.1 Å². The normalized spacial score (nSPS) is 12.0. The maximum atomic E-state index is 12.8. The fourth-order valence-electron chi connectivity index (χ4n) is 1.43. The van der Waals surface area contributed by atoms with Gasteiger partial charge < -0.3 is 10.4 Å². The number of alkyl halides is 5. The molecule has 0 aromatic heterocycles. The number of anilines is 1. The Bertz CT molecular complexity index is 542. The van der Waals surface area contributed by atoms with E-state index in [2.05, 4.69) is 0 Å². The molecule has 9 heteroatoms. The number of benzene rings is 1. The van der Waals surface area contributed by atoms with Gasteiger partial charge in [-0.3, -0.25) is 9.59 Å². The summed E-state index contributed by atoms with van der Waals surface area (Å²) in [7, 11) is 0. The van der Waals surface area contributed by atoms with Crippen molar-refractivity contribution < 1.29 is 36.6 Å². The van der Waals surface area contributed by atoms with Crippen LogP contribution in [0.5, 0.6) is 0 Å². The highest BCUT2D eigenvalue weighted by Gasteiger charge is 2.63. The molecule has 0 bridgehead atoms. The number of hydrogen-bond donors (Lipinski definition) is 2. The molecule has 1 aromatic rings. The number of carbonyl (C=O) groups excluding carboxylic acids is 1. The smallest absolute Gasteiger partial charge is 0.463 e. The van der Waals surface area contributed by atoms with E-state index in [0.29, 0.717) is 0 Å². The number of halogens is 5. The number of rotatable bonds is 5. The van der Waals surface area contributed by atoms with Crippen LogP contribution in [0.3, 0.4) is 0 Å². The van der Waals surface area contributed by atoms with Gasteiger partial charge >= 0.3 is 24.0 Å². The molecule has 0 aliphatic heterocycles. The Labute approximate surface area is 115 Å². The van der Waals surface area contributed by atoms with Crippen LogP contribution in [0.25, 0.3) is 0 Å². The summed E-state index contributed by atoms with van der Waals surface area (Å²) in [6, 6.07) is 5.19. The van der Waals surface area contributed by atoms with E-state index < -0.39 is 24.0 Å². The number of nitrogens with one attached hydrogen (secondary N) is 1. The van der Waals surface area contributed by atoms with Crippen molar-refractivity contribution in [3.8, 4) is 0 Å². The van der Waals surface area contributed by atoms with Gasteiger partial charge in [0.15, 0.2) is 0 Å². The summed E-state index contributed by atoms with van der Waals surface area (Å²) >= 11 is 0. The first-order chi connectivity index (χ1) is 9.55. The molecule has 0 saturated heterocycles. The summed E-state index contributed by atoms with van der Waals surface area (Å²) in [5, 5.41) is 10.0. The fraction of sp³-hybridized carbons (Fsp3) is 0.333. The average molecular weight is 311 g/mol. The van der Waals surface area contributed by atoms with Crippen LogP contribution in [0.15, 0.2) is 24.3 Å². The van der Waals surface area contributed by atoms with Crippen LogP contribution in [0.4, 0.5) is 27.6 Å². The molecular formula is C12H10F5NO3. The first-order valence-corrected chi connectivity index (χ1v) is 5.61. The quantitative estimate of drug-likeness (QED) is 0.822. The second-order valence-electron chi connectivity index (χ2n) is 4.08. The second kappa shape index (κ2) is 6.06. The van der Waals surface area contributed by atoms with Gasteiger partial charge in [-0.05, 0) is 18.1 Å². The van der Waals surface area contributed by atoms with Gasteiger partial charge in [0.05, 0.1) is 0 Å². The first kappa shape index (κ1) is 16.9. The third-order valence-electron chi connectivity index (χ3n) is 2.51. The van der Waals surface area contributed by atoms with Crippen molar-refractivity contribution in [2.24, 2.45) is 0 Å². The third-order valence-corrected chi connectivity index (χ3v) is 2.51. The minimum Gasteiger partial charge on any atom is -0.481 e. The van der Waals surface area contributed by atoms with Crippen molar-refractivity contribution in [1.82, 2.24) is 0 Å². The second-order valence-corrected chi connectivity index (χ2v) is 4.08. The largest absolute Gasteiger partial charge is 0.481 e. The zero-order chi connectivity index (χ0) is 16.3. The lowest BCUT2D eigenvalue weighted by molar-refractivity contribution is -0.267. The topological polar surface area (TPSA) is 66.4 Å². The number of para-hydroxylation sites is 1. The van der Waals surface area contributed by atoms with Gasteiger partial charge in [-0.15, -0.1) is 0 Å². The minimum atomic E-state index is -6.01. The fourth-order valence-corrected chi connectivity index (χ4v) is 1.43. The summed E-state index contributed by atoms with van der Waals surface area (Å²) in [6.45, 7) is 0. The lowest BCUT2D eigenvalue weighted by Gasteiger charge is -2.19. The molecule has 0 unspecified atom stereocenters. The molecule has 0 spiro atoms. The molecule has 2 N–H and O–H groups in total. The minimum absolute atomic E-state index is 0.122. The number of carbonyl (C=O) groups is 2. The van der Waals surface area contributed by atoms with Gasteiger partial charge in [-0.25, -0.2) is 0 Å². The highest BCUT2D eigenvalue weighted by Crippen LogP contribution is 2.36. The van der Waals surface area contributed by atoms with E-state index in [4.69, 9.17) is 5.11 Å². The third kappa shape index (κ3) is 4.14. The molecule has 1 aromatic carbocycles. The molecular weight excluding hydrogens is 301 g/mol. The Morgan fingerprint density at radius 2 is 1.67 bits per heavy atom. The molecule has 0 aliphatic carbocycles. The van der Waals surface area contributed by atoms with Crippen LogP contribution < -0.4 is 5.32 Å². The molecule has 0 saturated carbocycles. The highest BCUT2D eigenvalue weighted by molar-refractivity contribution is 5.97. The van der Waals surface area contributed by atoms with Gasteiger partial charge in [0, 0.05) is 12.1 Å². The van der Waals surface area contributed by atoms with Gasteiger partial charge in [0.2, 0.25) is 0 Å². The van der Waals surface area contributed by atoms with E-state index in [0.717, 1.165) is 6.07 Å². The monoisotopic (exact) mass is 311 g/mol. The predicted octanol–water partition coefficient (Wildman–Crippen LogP) is 2.84. The summed E-state index contributed by atoms with van der Waals surface area (Å²) in [6.07, 6.45) is -6.49. The molecule has 4 nitrogen and oxygen atoms in total. The Kier molecular flexibility index (Phi) is 4.87. The van der Waals surface area contributed by atoms with E-state index in [1.54, 1.807) is 0 Å². The molecule has 0 heterocycles. The van der Waals surface area contributed by atoms with Gasteiger partial charge in [-0.1, -0.05) is 18.2 Å². The van der Waals surface area contributed by atoms with Crippen molar-refractivity contribution in [1.29, 1.82) is 0 Å². The first-order valence-electron chi connectivity index (χ1n) is 5.61. The average Bonchev–Trinajstić information content (AvgIpc) is 2.36. The Morgan fingerprint density at radius 1 is 1.10 bits per heavy atom. The van der Waals surface area contributed by atoms with Crippen LogP contribution >= 0.6 is 0 Å². The Morgan fingerprint density at radius 3 is 2.19 bits per heavy atom.